The van der Waals surface area contributed by atoms with Crippen molar-refractivity contribution in [3.05, 3.63) is 44.6 Å². The number of cyclic esters (lactones) is 2. The van der Waals surface area contributed by atoms with E-state index in [1.54, 1.807) is 55.4 Å². The number of amides is 10. The fraction of sp³-hybridized carbons (Fsp3) is 0.597. The van der Waals surface area contributed by atoms with Gasteiger partial charge in [0, 0.05) is 46.2 Å². The van der Waals surface area contributed by atoms with Gasteiger partial charge in [-0.3, -0.25) is 57.5 Å². The summed E-state index contributed by atoms with van der Waals surface area (Å²) in [6, 6.07) is -11.4. The van der Waals surface area contributed by atoms with Crippen molar-refractivity contribution in [2.45, 2.75) is 182 Å². The fourth-order valence-electron chi connectivity index (χ4n) is 12.1. The fourth-order valence-corrected chi connectivity index (χ4v) is 12.1. The topological polar surface area (TPSA) is 397 Å². The number of hydrogen-bond acceptors (Lipinski definition) is 20. The van der Waals surface area contributed by atoms with Crippen LogP contribution in [0.3, 0.4) is 0 Å². The molecule has 13 unspecified atom stereocenters. The van der Waals surface area contributed by atoms with Crippen LogP contribution in [0.5, 0.6) is 0 Å². The summed E-state index contributed by atoms with van der Waals surface area (Å²) < 4.78 is 18.1. The third-order valence-corrected chi connectivity index (χ3v) is 17.9. The molecule has 6 aliphatic rings. The zero-order chi connectivity index (χ0) is 68.9. The molecular formula is C62H84N12O18. The Morgan fingerprint density at radius 1 is 0.663 bits per heavy atom. The summed E-state index contributed by atoms with van der Waals surface area (Å²) in [5.74, 6) is -14.1. The van der Waals surface area contributed by atoms with Crippen LogP contribution in [0.4, 0.5) is 5.69 Å². The van der Waals surface area contributed by atoms with Crippen molar-refractivity contribution in [1.82, 2.24) is 55.7 Å². The number of hydrogen-bond donors (Lipinski definition) is 6. The normalized spacial score (nSPS) is 28.3. The first kappa shape index (κ1) is 70.4. The minimum Gasteiger partial charge on any atom is -0.458 e. The molecule has 13 atom stereocenters. The lowest BCUT2D eigenvalue weighted by molar-refractivity contribution is -0.163. The third-order valence-electron chi connectivity index (χ3n) is 17.9. The summed E-state index contributed by atoms with van der Waals surface area (Å²) in [7, 11) is 5.21. The third kappa shape index (κ3) is 13.5. The molecule has 0 bridgehead atoms. The number of esters is 2. The molecule has 0 radical (unpaired) electrons. The Balaban J connectivity index is 1.33. The lowest BCUT2D eigenvalue weighted by Crippen LogP contribution is -2.62. The van der Waals surface area contributed by atoms with Crippen LogP contribution in [0.25, 0.3) is 22.6 Å². The van der Waals surface area contributed by atoms with Gasteiger partial charge in [0.05, 0.1) is 42.0 Å². The predicted molar refractivity (Wildman–Crippen MR) is 327 cm³/mol. The molecule has 0 spiro atoms. The van der Waals surface area contributed by atoms with Crippen LogP contribution in [0.1, 0.15) is 121 Å². The minimum atomic E-state index is -1.95. The predicted octanol–water partition coefficient (Wildman–Crippen LogP) is -0.984. The van der Waals surface area contributed by atoms with Gasteiger partial charge in [-0.15, -0.1) is 0 Å². The van der Waals surface area contributed by atoms with Crippen LogP contribution < -0.4 is 32.4 Å². The number of carbonyl (C=O) groups is 13. The van der Waals surface area contributed by atoms with Crippen molar-refractivity contribution in [2.75, 3.05) is 47.0 Å². The number of likely N-dealkylation sites (N-methyl/N-ethyl adjacent to an activating group) is 4. The van der Waals surface area contributed by atoms with E-state index in [4.69, 9.17) is 24.6 Å². The molecule has 10 amide bonds. The summed E-state index contributed by atoms with van der Waals surface area (Å²) in [5, 5.41) is 21.6. The van der Waals surface area contributed by atoms with Crippen molar-refractivity contribution >= 4 is 93.6 Å². The molecule has 1 aromatic rings. The average Bonchev–Trinajstić information content (AvgIpc) is 1.20. The maximum absolute atomic E-state index is 15.1. The molecule has 4 fully saturated rings. The monoisotopic (exact) mass is 1280 g/mol. The molecule has 7 N–H and O–H groups in total. The number of anilines is 1. The summed E-state index contributed by atoms with van der Waals surface area (Å²) in [5.41, 5.74) is 3.11. The summed E-state index contributed by atoms with van der Waals surface area (Å²) in [6.45, 7) is 18.2. The van der Waals surface area contributed by atoms with Gasteiger partial charge in [-0.2, -0.15) is 0 Å². The Morgan fingerprint density at radius 2 is 1.17 bits per heavy atom. The second-order valence-electron chi connectivity index (χ2n) is 25.6. The smallest absolute Gasteiger partial charge is 0.329 e. The van der Waals surface area contributed by atoms with E-state index in [1.165, 1.54) is 74.9 Å². The highest BCUT2D eigenvalue weighted by Gasteiger charge is 2.51. The van der Waals surface area contributed by atoms with Gasteiger partial charge in [0.2, 0.25) is 52.7 Å². The number of rotatable bonds is 7. The van der Waals surface area contributed by atoms with Gasteiger partial charge >= 0.3 is 11.9 Å². The van der Waals surface area contributed by atoms with Gasteiger partial charge in [-0.1, -0.05) is 47.6 Å². The number of nitrogens with one attached hydrogen (secondary N) is 4. The van der Waals surface area contributed by atoms with E-state index in [1.807, 2.05) is 0 Å². The molecule has 30 heteroatoms. The number of aliphatic hydroxyl groups is 1. The van der Waals surface area contributed by atoms with Crippen LogP contribution in [-0.4, -0.2) is 236 Å². The number of aliphatic hydroxyl groups excluding tert-OH is 1. The Bertz CT molecular complexity index is 3570. The van der Waals surface area contributed by atoms with Crippen molar-refractivity contribution in [1.29, 1.82) is 0 Å². The molecule has 0 aromatic heterocycles. The first-order valence-corrected chi connectivity index (χ1v) is 30.5. The highest BCUT2D eigenvalue weighted by atomic mass is 16.6. The molecule has 1 aromatic carbocycles. The van der Waals surface area contributed by atoms with E-state index in [0.717, 1.165) is 29.4 Å². The van der Waals surface area contributed by atoms with Crippen LogP contribution in [0.15, 0.2) is 21.3 Å². The minimum absolute atomic E-state index is 0.0426. The molecule has 5 aliphatic heterocycles. The molecule has 5 heterocycles. The van der Waals surface area contributed by atoms with Gasteiger partial charge in [0.25, 0.3) is 11.8 Å². The summed E-state index contributed by atoms with van der Waals surface area (Å²) in [6.07, 6.45) is -5.03. The lowest BCUT2D eigenvalue weighted by atomic mass is 9.98. The van der Waals surface area contributed by atoms with E-state index in [2.05, 4.69) is 21.3 Å². The second-order valence-corrected chi connectivity index (χ2v) is 25.6. The van der Waals surface area contributed by atoms with E-state index >= 15 is 9.59 Å². The van der Waals surface area contributed by atoms with E-state index in [-0.39, 0.29) is 40.8 Å². The van der Waals surface area contributed by atoms with E-state index in [9.17, 15) is 62.6 Å². The molecule has 1 aliphatic carbocycles. The van der Waals surface area contributed by atoms with Crippen LogP contribution in [0.2, 0.25) is 0 Å². The zero-order valence-corrected chi connectivity index (χ0v) is 54.8. The second kappa shape index (κ2) is 27.4. The molecule has 92 heavy (non-hydrogen) atoms. The maximum Gasteiger partial charge on any atom is 0.329 e. The van der Waals surface area contributed by atoms with Gasteiger partial charge in [-0.25, -0.2) is 14.6 Å². The number of benzene rings is 2. The quantitative estimate of drug-likeness (QED) is 0.0940. The van der Waals surface area contributed by atoms with Gasteiger partial charge in [-0.05, 0) is 84.3 Å². The number of nitrogen functional groups attached to an aromatic ring is 1. The number of carbonyl (C=O) groups excluding carboxylic acids is 13. The van der Waals surface area contributed by atoms with Gasteiger partial charge in [0.1, 0.15) is 71.8 Å². The largest absolute Gasteiger partial charge is 0.458 e. The molecule has 4 saturated heterocycles. The van der Waals surface area contributed by atoms with Crippen molar-refractivity contribution in [2.24, 2.45) is 17.8 Å². The van der Waals surface area contributed by atoms with Crippen LogP contribution in [-0.2, 0) is 62.2 Å². The highest BCUT2D eigenvalue weighted by molar-refractivity contribution is 6.11. The molecule has 7 rings (SSSR count). The van der Waals surface area contributed by atoms with Crippen molar-refractivity contribution in [3.63, 3.8) is 0 Å². The van der Waals surface area contributed by atoms with Crippen LogP contribution in [0, 0.1) is 31.6 Å². The number of nitrogens with zero attached hydrogens (tertiary/aromatic N) is 7. The molecular weight excluding hydrogens is 1200 g/mol. The molecule has 500 valence electrons. The van der Waals surface area contributed by atoms with Crippen molar-refractivity contribution in [3.8, 4) is 11.5 Å². The standard InChI is InChI=1S/C62H84N12O18/c1-24(2)42-58(85)73-28(8)20-37(76)49(73)60(87)70(15)22-38(77)71(16)31(11)61(88)90-32(12)45(56(83)65-42)68-54(81)40-41(63)50(79)29(9)52-47(40)64-46-34(19-18-27(7)51(46)92-52)53(80)67-44-33(13)91-62(89)48(26(5)6)72(17)39(78)23-69(14)57(84)35-21-36(75)30(10)74(35)59(86)43(25(3)4)66-55(44)82/h18-19,24-26,28,30-33,35,37,42-45,48-49,76H,20-23,63H2,1-17H3,(H,65,83)(H,66,82)(H,67,80)(H,68,81). The molecule has 30 nitrogen and oxygen atoms in total. The number of ether oxygens (including phenoxy) is 2. The first-order valence-electron chi connectivity index (χ1n) is 30.5. The average molecular weight is 1290 g/mol. The Hall–Kier alpha value is -9.09. The molecule has 0 saturated carbocycles. The van der Waals surface area contributed by atoms with E-state index in [0.29, 0.717) is 5.56 Å². The van der Waals surface area contributed by atoms with Gasteiger partial charge in [0.15, 0.2) is 17.1 Å². The number of ketones is 1. The SMILES string of the molecule is Cc1c2oc3c(C)ccc(C(=O)NC4C(=O)NC(C(C)C)C(=O)N5C(C)C(=O)CC5C(=O)N(C)CC(=O)N(C)C(C(C)C)C(=O)OC4C)c3nc-2c(C(=O)NC2C(=O)NC(C(C)C)C(=O)N3C(C)CC(O)C3C(=O)N(C)CC(=O)N(C)C(C)C(=O)OC2C)c(N)c1=O. The number of nitrogens with two attached hydrogens (primary N) is 1. The highest BCUT2D eigenvalue weighted by Crippen LogP contribution is 2.36. The zero-order valence-electron chi connectivity index (χ0n) is 54.8. The Kier molecular flexibility index (Phi) is 21.0. The summed E-state index contributed by atoms with van der Waals surface area (Å²) in [4.78, 5) is 212. The van der Waals surface area contributed by atoms with Crippen molar-refractivity contribution < 1.29 is 81.3 Å². The van der Waals surface area contributed by atoms with E-state index < -0.39 is 209 Å². The van der Waals surface area contributed by atoms with Gasteiger partial charge < -0.3 is 75.4 Å². The number of fused-ring (bicyclic) bond motifs is 4. The number of Topliss-reactive ketones (excluding diaryl/α,β-unsaturated/α-hetero) is 1. The Morgan fingerprint density at radius 3 is 1.72 bits per heavy atom. The summed E-state index contributed by atoms with van der Waals surface area (Å²) >= 11 is 0. The first-order chi connectivity index (χ1) is 42.8. The van der Waals surface area contributed by atoms with Crippen LogP contribution >= 0.6 is 0 Å². The Labute approximate surface area is 531 Å². The lowest BCUT2D eigenvalue weighted by Gasteiger charge is -2.36. The maximum atomic E-state index is 15.1. The number of aryl methyl sites for hydroxylation is 1. The number of aromatic nitrogens is 1.